The molecule has 0 amide bonds. The lowest BCUT2D eigenvalue weighted by molar-refractivity contribution is 0.0696. The molecule has 17 heavy (non-hydrogen) atoms. The van der Waals surface area contributed by atoms with Crippen molar-refractivity contribution in [2.24, 2.45) is 0 Å². The third-order valence-electron chi connectivity index (χ3n) is 2.97. The van der Waals surface area contributed by atoms with Crippen LogP contribution in [0, 0.1) is 0 Å². The van der Waals surface area contributed by atoms with E-state index in [0.717, 1.165) is 26.2 Å². The molecule has 2 rings (SSSR count). The van der Waals surface area contributed by atoms with Gasteiger partial charge in [-0.25, -0.2) is 4.79 Å². The van der Waals surface area contributed by atoms with E-state index in [4.69, 9.17) is 5.11 Å². The minimum absolute atomic E-state index is 0. The molecule has 5 nitrogen and oxygen atoms in total. The van der Waals surface area contributed by atoms with Gasteiger partial charge in [0, 0.05) is 12.7 Å². The Labute approximate surface area is 107 Å². The van der Waals surface area contributed by atoms with Crippen molar-refractivity contribution in [1.29, 1.82) is 0 Å². The quantitative estimate of drug-likeness (QED) is 0.890. The molecule has 0 aromatic carbocycles. The van der Waals surface area contributed by atoms with Crippen LogP contribution in [-0.4, -0.2) is 45.4 Å². The van der Waals surface area contributed by atoms with E-state index in [-0.39, 0.29) is 18.0 Å². The Morgan fingerprint density at radius 3 is 2.59 bits per heavy atom. The van der Waals surface area contributed by atoms with Crippen molar-refractivity contribution < 1.29 is 9.90 Å². The number of rotatable bonds is 4. The Morgan fingerprint density at radius 2 is 2.00 bits per heavy atom. The molecule has 2 heterocycles. The molecule has 6 heteroatoms. The average molecular weight is 260 g/mol. The number of carboxylic acids is 1. The van der Waals surface area contributed by atoms with Crippen LogP contribution in [0.3, 0.4) is 0 Å². The summed E-state index contributed by atoms with van der Waals surface area (Å²) in [6, 6.07) is 0. The number of piperidine rings is 1. The maximum absolute atomic E-state index is 10.7. The molecule has 1 saturated heterocycles. The maximum atomic E-state index is 10.7. The van der Waals surface area contributed by atoms with Crippen LogP contribution in [0.5, 0.6) is 0 Å². The monoisotopic (exact) mass is 259 g/mol. The Bertz CT molecular complexity index is 361. The lowest BCUT2D eigenvalue weighted by Gasteiger charge is -2.26. The predicted octanol–water partition coefficient (Wildman–Crippen LogP) is 1.49. The Kier molecular flexibility index (Phi) is 5.44. The van der Waals surface area contributed by atoms with E-state index in [9.17, 15) is 4.79 Å². The average Bonchev–Trinajstić information content (AvgIpc) is 2.76. The molecule has 1 aliphatic heterocycles. The molecule has 0 unspecified atom stereocenters. The summed E-state index contributed by atoms with van der Waals surface area (Å²) in [6.07, 6.45) is 6.88. The van der Waals surface area contributed by atoms with Gasteiger partial charge in [0.2, 0.25) is 0 Å². The first-order valence-corrected chi connectivity index (χ1v) is 5.74. The van der Waals surface area contributed by atoms with E-state index >= 15 is 0 Å². The van der Waals surface area contributed by atoms with Gasteiger partial charge in [0.05, 0.1) is 18.3 Å². The second-order valence-corrected chi connectivity index (χ2v) is 4.20. The molecular weight excluding hydrogens is 242 g/mol. The van der Waals surface area contributed by atoms with E-state index in [2.05, 4.69) is 10.00 Å². The minimum Gasteiger partial charge on any atom is -0.478 e. The van der Waals surface area contributed by atoms with Crippen LogP contribution in [0.4, 0.5) is 0 Å². The smallest absolute Gasteiger partial charge is 0.338 e. The number of carbonyl (C=O) groups is 1. The fourth-order valence-electron chi connectivity index (χ4n) is 2.02. The number of carboxylic acid groups (broad SMARTS) is 1. The fourth-order valence-corrected chi connectivity index (χ4v) is 2.02. The van der Waals surface area contributed by atoms with Crippen molar-refractivity contribution >= 4 is 18.4 Å². The third-order valence-corrected chi connectivity index (χ3v) is 2.97. The summed E-state index contributed by atoms with van der Waals surface area (Å²) in [5, 5.41) is 12.8. The molecule has 0 atom stereocenters. The standard InChI is InChI=1S/C11H17N3O2.ClH/c15-11(16)10-8-12-14(9-10)7-6-13-4-2-1-3-5-13;/h8-9H,1-7H2,(H,15,16);1H. The molecule has 1 fully saturated rings. The van der Waals surface area contributed by atoms with Crippen molar-refractivity contribution in [3.8, 4) is 0 Å². The molecule has 0 spiro atoms. The van der Waals surface area contributed by atoms with Gasteiger partial charge in [-0.15, -0.1) is 12.4 Å². The molecular formula is C11H18ClN3O2. The number of likely N-dealkylation sites (tertiary alicyclic amines) is 1. The summed E-state index contributed by atoms with van der Waals surface area (Å²) in [4.78, 5) is 13.1. The number of nitrogens with zero attached hydrogens (tertiary/aromatic N) is 3. The van der Waals surface area contributed by atoms with Crippen LogP contribution >= 0.6 is 12.4 Å². The highest BCUT2D eigenvalue weighted by molar-refractivity contribution is 5.86. The van der Waals surface area contributed by atoms with Crippen molar-refractivity contribution in [3.05, 3.63) is 18.0 Å². The Balaban J connectivity index is 0.00000144. The van der Waals surface area contributed by atoms with E-state index < -0.39 is 5.97 Å². The number of halogens is 1. The van der Waals surface area contributed by atoms with Crippen molar-refractivity contribution in [3.63, 3.8) is 0 Å². The lowest BCUT2D eigenvalue weighted by atomic mass is 10.1. The van der Waals surface area contributed by atoms with Gasteiger partial charge in [0.1, 0.15) is 0 Å². The van der Waals surface area contributed by atoms with Crippen LogP contribution in [0.2, 0.25) is 0 Å². The van der Waals surface area contributed by atoms with E-state index in [1.165, 1.54) is 25.5 Å². The predicted molar refractivity (Wildman–Crippen MR) is 66.7 cm³/mol. The Hall–Kier alpha value is -1.07. The van der Waals surface area contributed by atoms with Crippen molar-refractivity contribution in [1.82, 2.24) is 14.7 Å². The van der Waals surface area contributed by atoms with Crippen molar-refractivity contribution in [2.75, 3.05) is 19.6 Å². The molecule has 1 aromatic heterocycles. The Morgan fingerprint density at radius 1 is 1.29 bits per heavy atom. The second kappa shape index (κ2) is 6.61. The van der Waals surface area contributed by atoms with Gasteiger partial charge in [0.15, 0.2) is 0 Å². The first kappa shape index (κ1) is 14.0. The summed E-state index contributed by atoms with van der Waals surface area (Å²) >= 11 is 0. The molecule has 96 valence electrons. The second-order valence-electron chi connectivity index (χ2n) is 4.20. The molecule has 0 bridgehead atoms. The van der Waals surface area contributed by atoms with Gasteiger partial charge in [-0.2, -0.15) is 5.10 Å². The zero-order valence-corrected chi connectivity index (χ0v) is 10.5. The number of aromatic nitrogens is 2. The fraction of sp³-hybridized carbons (Fsp3) is 0.636. The van der Waals surface area contributed by atoms with Gasteiger partial charge in [-0.05, 0) is 25.9 Å². The van der Waals surface area contributed by atoms with Crippen LogP contribution < -0.4 is 0 Å². The zero-order chi connectivity index (χ0) is 11.4. The van der Waals surface area contributed by atoms with Gasteiger partial charge >= 0.3 is 5.97 Å². The van der Waals surface area contributed by atoms with Gasteiger partial charge < -0.3 is 10.0 Å². The van der Waals surface area contributed by atoms with Crippen LogP contribution in [0.15, 0.2) is 12.4 Å². The van der Waals surface area contributed by atoms with E-state index in [1.54, 1.807) is 10.9 Å². The van der Waals surface area contributed by atoms with E-state index in [0.29, 0.717) is 0 Å². The first-order valence-electron chi connectivity index (χ1n) is 5.74. The van der Waals surface area contributed by atoms with Crippen LogP contribution in [0.25, 0.3) is 0 Å². The zero-order valence-electron chi connectivity index (χ0n) is 9.71. The topological polar surface area (TPSA) is 58.4 Å². The SMILES string of the molecule is Cl.O=C(O)c1cnn(CCN2CCCCC2)c1. The van der Waals surface area contributed by atoms with Crippen LogP contribution in [0.1, 0.15) is 29.6 Å². The number of aromatic carboxylic acids is 1. The third kappa shape index (κ3) is 4.02. The highest BCUT2D eigenvalue weighted by Gasteiger charge is 2.10. The minimum atomic E-state index is -0.913. The molecule has 0 aliphatic carbocycles. The summed E-state index contributed by atoms with van der Waals surface area (Å²) < 4.78 is 1.71. The first-order chi connectivity index (χ1) is 7.75. The lowest BCUT2D eigenvalue weighted by Crippen LogP contribution is -2.32. The van der Waals surface area contributed by atoms with Crippen molar-refractivity contribution in [2.45, 2.75) is 25.8 Å². The summed E-state index contributed by atoms with van der Waals surface area (Å²) in [7, 11) is 0. The molecule has 1 aliphatic rings. The molecule has 0 radical (unpaired) electrons. The summed E-state index contributed by atoms with van der Waals surface area (Å²) in [5.41, 5.74) is 0.263. The summed E-state index contributed by atoms with van der Waals surface area (Å²) in [5.74, 6) is -0.913. The van der Waals surface area contributed by atoms with Crippen LogP contribution in [-0.2, 0) is 6.54 Å². The van der Waals surface area contributed by atoms with Gasteiger partial charge in [0.25, 0.3) is 0 Å². The van der Waals surface area contributed by atoms with Gasteiger partial charge in [-0.3, -0.25) is 4.68 Å². The number of hydrogen-bond acceptors (Lipinski definition) is 3. The molecule has 0 saturated carbocycles. The highest BCUT2D eigenvalue weighted by atomic mass is 35.5. The normalized spacial score (nSPS) is 16.5. The van der Waals surface area contributed by atoms with E-state index in [1.807, 2.05) is 0 Å². The number of hydrogen-bond donors (Lipinski definition) is 1. The maximum Gasteiger partial charge on any atom is 0.338 e. The molecule has 1 N–H and O–H groups in total. The van der Waals surface area contributed by atoms with Gasteiger partial charge in [-0.1, -0.05) is 6.42 Å². The largest absolute Gasteiger partial charge is 0.478 e. The molecule has 1 aromatic rings. The highest BCUT2D eigenvalue weighted by Crippen LogP contribution is 2.08. The summed E-state index contributed by atoms with van der Waals surface area (Å²) in [6.45, 7) is 4.05.